The molecule has 0 saturated carbocycles. The van der Waals surface area contributed by atoms with Gasteiger partial charge in [-0.15, -0.1) is 12.4 Å². The van der Waals surface area contributed by atoms with Crippen LogP contribution in [0.3, 0.4) is 0 Å². The summed E-state index contributed by atoms with van der Waals surface area (Å²) in [6.45, 7) is 0.632. The topological polar surface area (TPSA) is 34.0 Å². The first-order valence-corrected chi connectivity index (χ1v) is 3.55. The van der Waals surface area contributed by atoms with Crippen LogP contribution in [0.4, 0.5) is 0 Å². The van der Waals surface area contributed by atoms with Crippen molar-refractivity contribution in [2.45, 2.75) is 6.54 Å². The molecule has 3 nitrogen and oxygen atoms in total. The molecule has 1 N–H and O–H groups in total. The van der Waals surface area contributed by atoms with Crippen LogP contribution in [-0.2, 0) is 13.6 Å². The Balaban J connectivity index is 0.00000121. The van der Waals surface area contributed by atoms with Gasteiger partial charge in [0.2, 0.25) is 0 Å². The van der Waals surface area contributed by atoms with E-state index in [1.165, 1.54) is 0 Å². The third-order valence-corrected chi connectivity index (χ3v) is 1.57. The fraction of sp³-hybridized carbons (Fsp3) is 0.375. The Labute approximate surface area is 77.8 Å². The average Bonchev–Trinajstić information content (AvgIpc) is 1.99. The van der Waals surface area contributed by atoms with Crippen LogP contribution in [0, 0.1) is 0 Å². The van der Waals surface area contributed by atoms with E-state index in [0.717, 1.165) is 5.56 Å². The second-order valence-corrected chi connectivity index (χ2v) is 2.48. The maximum absolute atomic E-state index is 11.3. The third kappa shape index (κ3) is 2.36. The van der Waals surface area contributed by atoms with E-state index in [1.54, 1.807) is 17.8 Å². The molecule has 0 aromatic carbocycles. The molecule has 0 aliphatic heterocycles. The maximum Gasteiger partial charge on any atom is 0.254 e. The number of hydrogen-bond donors (Lipinski definition) is 1. The lowest BCUT2D eigenvalue weighted by Crippen LogP contribution is -2.23. The minimum atomic E-state index is 0. The summed E-state index contributed by atoms with van der Waals surface area (Å²) in [6, 6.07) is 3.70. The van der Waals surface area contributed by atoms with Crippen LogP contribution in [0.2, 0.25) is 0 Å². The van der Waals surface area contributed by atoms with Crippen LogP contribution >= 0.6 is 12.4 Å². The Morgan fingerprint density at radius 2 is 2.25 bits per heavy atom. The van der Waals surface area contributed by atoms with E-state index in [4.69, 9.17) is 0 Å². The lowest BCUT2D eigenvalue weighted by atomic mass is 10.3. The zero-order chi connectivity index (χ0) is 8.27. The smallest absolute Gasteiger partial charge is 0.254 e. The normalized spacial score (nSPS) is 9.17. The molecule has 0 bridgehead atoms. The van der Waals surface area contributed by atoms with Gasteiger partial charge in [0.1, 0.15) is 0 Å². The number of pyridine rings is 1. The quantitative estimate of drug-likeness (QED) is 0.735. The van der Waals surface area contributed by atoms with Crippen molar-refractivity contribution < 1.29 is 0 Å². The van der Waals surface area contributed by atoms with Gasteiger partial charge in [0.05, 0.1) is 0 Å². The number of aryl methyl sites for hydroxylation is 1. The molecular formula is C8H13ClN2O. The summed E-state index contributed by atoms with van der Waals surface area (Å²) >= 11 is 0. The SMILES string of the molecule is CNCc1cccn(C)c1=O.Cl. The fourth-order valence-corrected chi connectivity index (χ4v) is 0.979. The van der Waals surface area contributed by atoms with Gasteiger partial charge in [0, 0.05) is 25.4 Å². The summed E-state index contributed by atoms with van der Waals surface area (Å²) in [5.74, 6) is 0. The van der Waals surface area contributed by atoms with E-state index in [2.05, 4.69) is 5.32 Å². The van der Waals surface area contributed by atoms with E-state index in [0.29, 0.717) is 6.54 Å². The highest BCUT2D eigenvalue weighted by molar-refractivity contribution is 5.85. The summed E-state index contributed by atoms with van der Waals surface area (Å²) in [5, 5.41) is 2.94. The Morgan fingerprint density at radius 1 is 1.58 bits per heavy atom. The zero-order valence-corrected chi connectivity index (χ0v) is 8.02. The standard InChI is InChI=1S/C8H12N2O.ClH/c1-9-6-7-4-3-5-10(2)8(7)11;/h3-5,9H,6H2,1-2H3;1H. The van der Waals surface area contributed by atoms with Crippen LogP contribution in [0.5, 0.6) is 0 Å². The van der Waals surface area contributed by atoms with Crippen molar-refractivity contribution in [2.24, 2.45) is 7.05 Å². The van der Waals surface area contributed by atoms with Crippen molar-refractivity contribution >= 4 is 12.4 Å². The largest absolute Gasteiger partial charge is 0.318 e. The van der Waals surface area contributed by atoms with Crippen molar-refractivity contribution in [3.63, 3.8) is 0 Å². The predicted molar refractivity (Wildman–Crippen MR) is 51.7 cm³/mol. The molecule has 4 heteroatoms. The molecule has 0 aliphatic rings. The first kappa shape index (κ1) is 11.2. The molecule has 0 saturated heterocycles. The lowest BCUT2D eigenvalue weighted by Gasteiger charge is -2.00. The van der Waals surface area contributed by atoms with Crippen molar-refractivity contribution in [3.8, 4) is 0 Å². The van der Waals surface area contributed by atoms with E-state index < -0.39 is 0 Å². The van der Waals surface area contributed by atoms with Crippen molar-refractivity contribution in [1.29, 1.82) is 0 Å². The van der Waals surface area contributed by atoms with Gasteiger partial charge in [0.25, 0.3) is 5.56 Å². The summed E-state index contributed by atoms with van der Waals surface area (Å²) in [7, 11) is 3.58. The zero-order valence-electron chi connectivity index (χ0n) is 7.20. The second-order valence-electron chi connectivity index (χ2n) is 2.48. The monoisotopic (exact) mass is 188 g/mol. The third-order valence-electron chi connectivity index (χ3n) is 1.57. The molecule has 0 radical (unpaired) electrons. The molecular weight excluding hydrogens is 176 g/mol. The molecule has 1 aromatic rings. The number of halogens is 1. The molecule has 0 atom stereocenters. The van der Waals surface area contributed by atoms with Crippen LogP contribution < -0.4 is 10.9 Å². The first-order valence-electron chi connectivity index (χ1n) is 3.55. The molecule has 0 amide bonds. The van der Waals surface area contributed by atoms with E-state index in [1.807, 2.05) is 19.2 Å². The summed E-state index contributed by atoms with van der Waals surface area (Å²) in [5.41, 5.74) is 0.874. The van der Waals surface area contributed by atoms with Gasteiger partial charge in [-0.25, -0.2) is 0 Å². The van der Waals surface area contributed by atoms with Crippen molar-refractivity contribution in [1.82, 2.24) is 9.88 Å². The molecule has 0 spiro atoms. The van der Waals surface area contributed by atoms with Crippen molar-refractivity contribution in [3.05, 3.63) is 34.2 Å². The number of nitrogens with one attached hydrogen (secondary N) is 1. The average molecular weight is 189 g/mol. The highest BCUT2D eigenvalue weighted by Gasteiger charge is 1.96. The molecule has 1 heterocycles. The Kier molecular flexibility index (Phi) is 4.62. The van der Waals surface area contributed by atoms with E-state index in [-0.39, 0.29) is 18.0 Å². The first-order chi connectivity index (χ1) is 5.25. The van der Waals surface area contributed by atoms with Crippen LogP contribution in [0.25, 0.3) is 0 Å². The summed E-state index contributed by atoms with van der Waals surface area (Å²) in [4.78, 5) is 11.3. The van der Waals surface area contributed by atoms with Gasteiger partial charge in [-0.05, 0) is 13.1 Å². The number of aromatic nitrogens is 1. The second kappa shape index (κ2) is 4.95. The van der Waals surface area contributed by atoms with Gasteiger partial charge >= 0.3 is 0 Å². The number of rotatable bonds is 2. The van der Waals surface area contributed by atoms with Gasteiger partial charge in [-0.1, -0.05) is 6.07 Å². The predicted octanol–water partition coefficient (Wildman–Crippen LogP) is 0.527. The van der Waals surface area contributed by atoms with Crippen LogP contribution in [0.1, 0.15) is 5.56 Å². The molecule has 0 fully saturated rings. The van der Waals surface area contributed by atoms with E-state index in [9.17, 15) is 4.79 Å². The van der Waals surface area contributed by atoms with E-state index >= 15 is 0 Å². The maximum atomic E-state index is 11.3. The highest BCUT2D eigenvalue weighted by Crippen LogP contribution is 1.88. The fourth-order valence-electron chi connectivity index (χ4n) is 0.979. The number of hydrogen-bond acceptors (Lipinski definition) is 2. The molecule has 1 rings (SSSR count). The number of nitrogens with zero attached hydrogens (tertiary/aromatic N) is 1. The Bertz CT molecular complexity index is 295. The van der Waals surface area contributed by atoms with Gasteiger partial charge < -0.3 is 9.88 Å². The molecule has 12 heavy (non-hydrogen) atoms. The van der Waals surface area contributed by atoms with Gasteiger partial charge in [-0.2, -0.15) is 0 Å². The highest BCUT2D eigenvalue weighted by atomic mass is 35.5. The summed E-state index contributed by atoms with van der Waals surface area (Å²) in [6.07, 6.45) is 1.75. The van der Waals surface area contributed by atoms with Gasteiger partial charge in [0.15, 0.2) is 0 Å². The molecule has 0 unspecified atom stereocenters. The Morgan fingerprint density at radius 3 is 2.83 bits per heavy atom. The minimum absolute atomic E-state index is 0. The Hall–Kier alpha value is -0.800. The lowest BCUT2D eigenvalue weighted by molar-refractivity contribution is 0.768. The molecule has 0 aliphatic carbocycles. The van der Waals surface area contributed by atoms with Crippen molar-refractivity contribution in [2.75, 3.05) is 7.05 Å². The summed E-state index contributed by atoms with van der Waals surface area (Å²) < 4.78 is 1.58. The molecule has 1 aromatic heterocycles. The van der Waals surface area contributed by atoms with Crippen LogP contribution in [-0.4, -0.2) is 11.6 Å². The van der Waals surface area contributed by atoms with Gasteiger partial charge in [-0.3, -0.25) is 4.79 Å². The minimum Gasteiger partial charge on any atom is -0.318 e. The molecule has 68 valence electrons. The van der Waals surface area contributed by atoms with Crippen LogP contribution in [0.15, 0.2) is 23.1 Å².